The molecule has 2 aliphatic heterocycles. The van der Waals surface area contributed by atoms with Gasteiger partial charge < -0.3 is 14.7 Å². The Kier molecular flexibility index (Phi) is 6.53. The zero-order valence-corrected chi connectivity index (χ0v) is 18.4. The van der Waals surface area contributed by atoms with Crippen LogP contribution in [0.5, 0.6) is 0 Å². The standard InChI is InChI=1S/C23H29ClN6/c1-3-21(19-8-7-18(24)17-20(19)25-2)28-13-15-29(16-14-28)22-9-10-26-23(27-22)30-11-5-4-6-12-30/h3,7-10,17H,2,4-6,11-16H2,1H3/b21-3+. The SMILES string of the molecule is C=Nc1cc(Cl)ccc1/C(=C\C)N1CCN(c2ccnc(N3CCCCC3)n2)CC1. The van der Waals surface area contributed by atoms with Gasteiger partial charge in [0.05, 0.1) is 5.69 Å². The Bertz CT molecular complexity index is 914. The number of aliphatic imine (C=N–C) groups is 1. The number of hydrogen-bond donors (Lipinski definition) is 0. The Morgan fingerprint density at radius 1 is 1.03 bits per heavy atom. The summed E-state index contributed by atoms with van der Waals surface area (Å²) in [5, 5.41) is 0.676. The third kappa shape index (κ3) is 4.43. The van der Waals surface area contributed by atoms with Crippen LogP contribution in [0.25, 0.3) is 5.70 Å². The average Bonchev–Trinajstić information content (AvgIpc) is 2.81. The molecule has 2 aliphatic rings. The van der Waals surface area contributed by atoms with Gasteiger partial charge in [-0.2, -0.15) is 4.98 Å². The molecule has 0 spiro atoms. The molecule has 0 unspecified atom stereocenters. The third-order valence-electron chi connectivity index (χ3n) is 5.89. The van der Waals surface area contributed by atoms with Crippen molar-refractivity contribution in [3.63, 3.8) is 0 Å². The minimum absolute atomic E-state index is 0.676. The lowest BCUT2D eigenvalue weighted by Gasteiger charge is -2.38. The number of piperazine rings is 1. The molecule has 2 saturated heterocycles. The molecular weight excluding hydrogens is 396 g/mol. The summed E-state index contributed by atoms with van der Waals surface area (Å²) in [6, 6.07) is 7.84. The van der Waals surface area contributed by atoms with Crippen LogP contribution in [0, 0.1) is 0 Å². The van der Waals surface area contributed by atoms with E-state index >= 15 is 0 Å². The zero-order valence-electron chi connectivity index (χ0n) is 17.6. The Morgan fingerprint density at radius 2 is 1.80 bits per heavy atom. The number of aromatic nitrogens is 2. The van der Waals surface area contributed by atoms with E-state index in [1.54, 1.807) is 0 Å². The molecule has 4 rings (SSSR count). The maximum absolute atomic E-state index is 6.14. The summed E-state index contributed by atoms with van der Waals surface area (Å²) in [7, 11) is 0. The summed E-state index contributed by atoms with van der Waals surface area (Å²) in [4.78, 5) is 20.6. The van der Waals surface area contributed by atoms with Gasteiger partial charge in [-0.1, -0.05) is 17.7 Å². The van der Waals surface area contributed by atoms with E-state index in [0.717, 1.165) is 62.3 Å². The van der Waals surface area contributed by atoms with E-state index in [2.05, 4.69) is 44.4 Å². The molecule has 0 bridgehead atoms. The second-order valence-corrected chi connectivity index (χ2v) is 8.17. The van der Waals surface area contributed by atoms with Gasteiger partial charge in [0.15, 0.2) is 0 Å². The van der Waals surface area contributed by atoms with Crippen molar-refractivity contribution in [1.82, 2.24) is 14.9 Å². The highest BCUT2D eigenvalue weighted by atomic mass is 35.5. The van der Waals surface area contributed by atoms with Crippen LogP contribution < -0.4 is 9.80 Å². The van der Waals surface area contributed by atoms with E-state index in [4.69, 9.17) is 16.6 Å². The predicted molar refractivity (Wildman–Crippen MR) is 126 cm³/mol. The summed E-state index contributed by atoms with van der Waals surface area (Å²) in [5.41, 5.74) is 3.06. The molecule has 0 N–H and O–H groups in total. The van der Waals surface area contributed by atoms with Gasteiger partial charge in [0.1, 0.15) is 5.82 Å². The Labute approximate surface area is 183 Å². The van der Waals surface area contributed by atoms with Crippen LogP contribution in [0.1, 0.15) is 31.7 Å². The highest BCUT2D eigenvalue weighted by Gasteiger charge is 2.23. The molecule has 158 valence electrons. The number of hydrogen-bond acceptors (Lipinski definition) is 6. The Balaban J connectivity index is 1.45. The highest BCUT2D eigenvalue weighted by Crippen LogP contribution is 2.32. The van der Waals surface area contributed by atoms with E-state index in [1.165, 1.54) is 25.0 Å². The van der Waals surface area contributed by atoms with Gasteiger partial charge in [0.2, 0.25) is 5.95 Å². The van der Waals surface area contributed by atoms with Crippen LogP contribution in [0.4, 0.5) is 17.5 Å². The lowest BCUT2D eigenvalue weighted by atomic mass is 10.1. The summed E-state index contributed by atoms with van der Waals surface area (Å²) in [5.74, 6) is 1.89. The molecule has 2 fully saturated rings. The quantitative estimate of drug-likeness (QED) is 0.654. The first kappa shape index (κ1) is 20.7. The number of piperidine rings is 1. The molecule has 0 aliphatic carbocycles. The number of allylic oxidation sites excluding steroid dienone is 1. The fourth-order valence-corrected chi connectivity index (χ4v) is 4.47. The maximum Gasteiger partial charge on any atom is 0.227 e. The Morgan fingerprint density at radius 3 is 2.50 bits per heavy atom. The second-order valence-electron chi connectivity index (χ2n) is 7.73. The normalized spacial score (nSPS) is 17.9. The van der Waals surface area contributed by atoms with Crippen molar-refractivity contribution in [3.8, 4) is 0 Å². The van der Waals surface area contributed by atoms with Crippen molar-refractivity contribution in [2.75, 3.05) is 49.1 Å². The predicted octanol–water partition coefficient (Wildman–Crippen LogP) is 4.64. The molecule has 7 heteroatoms. The van der Waals surface area contributed by atoms with E-state index in [9.17, 15) is 0 Å². The summed E-state index contributed by atoms with van der Waals surface area (Å²) >= 11 is 6.14. The average molecular weight is 425 g/mol. The van der Waals surface area contributed by atoms with Crippen molar-refractivity contribution < 1.29 is 0 Å². The van der Waals surface area contributed by atoms with Crippen molar-refractivity contribution in [1.29, 1.82) is 0 Å². The molecule has 0 radical (unpaired) electrons. The summed E-state index contributed by atoms with van der Waals surface area (Å²) in [6.07, 6.45) is 7.80. The van der Waals surface area contributed by atoms with Gasteiger partial charge in [-0.05, 0) is 57.2 Å². The van der Waals surface area contributed by atoms with E-state index in [1.807, 2.05) is 30.5 Å². The van der Waals surface area contributed by atoms with Gasteiger partial charge in [0, 0.05) is 61.7 Å². The number of halogens is 1. The lowest BCUT2D eigenvalue weighted by molar-refractivity contribution is 0.366. The number of nitrogens with zero attached hydrogens (tertiary/aromatic N) is 6. The van der Waals surface area contributed by atoms with E-state index in [-0.39, 0.29) is 0 Å². The largest absolute Gasteiger partial charge is 0.368 e. The molecule has 6 nitrogen and oxygen atoms in total. The summed E-state index contributed by atoms with van der Waals surface area (Å²) in [6.45, 7) is 11.6. The van der Waals surface area contributed by atoms with Gasteiger partial charge in [-0.15, -0.1) is 0 Å². The molecule has 0 amide bonds. The molecule has 30 heavy (non-hydrogen) atoms. The monoisotopic (exact) mass is 424 g/mol. The first-order valence-corrected chi connectivity index (χ1v) is 11.1. The van der Waals surface area contributed by atoms with Crippen LogP contribution in [0.3, 0.4) is 0 Å². The number of anilines is 2. The molecule has 0 saturated carbocycles. The van der Waals surface area contributed by atoms with Gasteiger partial charge in [-0.3, -0.25) is 4.99 Å². The zero-order chi connectivity index (χ0) is 20.9. The topological polar surface area (TPSA) is 47.9 Å². The van der Waals surface area contributed by atoms with Gasteiger partial charge in [-0.25, -0.2) is 4.98 Å². The molecule has 2 aromatic rings. The minimum atomic E-state index is 0.676. The van der Waals surface area contributed by atoms with Crippen LogP contribution in [0.2, 0.25) is 5.02 Å². The van der Waals surface area contributed by atoms with Crippen molar-refractivity contribution >= 4 is 41.5 Å². The van der Waals surface area contributed by atoms with Crippen molar-refractivity contribution in [2.24, 2.45) is 4.99 Å². The van der Waals surface area contributed by atoms with Crippen LogP contribution in [-0.2, 0) is 0 Å². The van der Waals surface area contributed by atoms with Crippen LogP contribution in [-0.4, -0.2) is 60.9 Å². The fourth-order valence-electron chi connectivity index (χ4n) is 4.30. The number of benzene rings is 1. The van der Waals surface area contributed by atoms with Crippen LogP contribution in [0.15, 0.2) is 41.5 Å². The molecule has 0 atom stereocenters. The second kappa shape index (κ2) is 9.47. The smallest absolute Gasteiger partial charge is 0.227 e. The third-order valence-corrected chi connectivity index (χ3v) is 6.13. The van der Waals surface area contributed by atoms with Gasteiger partial charge >= 0.3 is 0 Å². The first-order valence-electron chi connectivity index (χ1n) is 10.7. The number of rotatable bonds is 5. The molecule has 1 aromatic carbocycles. The Hall–Kier alpha value is -2.60. The van der Waals surface area contributed by atoms with Crippen LogP contribution >= 0.6 is 11.6 Å². The highest BCUT2D eigenvalue weighted by molar-refractivity contribution is 6.30. The fraction of sp³-hybridized carbons (Fsp3) is 0.435. The minimum Gasteiger partial charge on any atom is -0.368 e. The van der Waals surface area contributed by atoms with E-state index in [0.29, 0.717) is 5.02 Å². The first-order chi connectivity index (χ1) is 14.7. The van der Waals surface area contributed by atoms with Crippen molar-refractivity contribution in [3.05, 3.63) is 47.1 Å². The summed E-state index contributed by atoms with van der Waals surface area (Å²) < 4.78 is 0. The molecule has 3 heterocycles. The van der Waals surface area contributed by atoms with Gasteiger partial charge in [0.25, 0.3) is 0 Å². The molecule has 1 aromatic heterocycles. The molecular formula is C23H29ClN6. The maximum atomic E-state index is 6.14. The van der Waals surface area contributed by atoms with Crippen molar-refractivity contribution in [2.45, 2.75) is 26.2 Å². The van der Waals surface area contributed by atoms with E-state index < -0.39 is 0 Å². The lowest BCUT2D eigenvalue weighted by Crippen LogP contribution is -2.46.